The van der Waals surface area contributed by atoms with Crippen LogP contribution in [0.3, 0.4) is 0 Å². The van der Waals surface area contributed by atoms with Gasteiger partial charge in [0, 0.05) is 41.5 Å². The van der Waals surface area contributed by atoms with E-state index in [4.69, 9.17) is 16.7 Å². The first-order valence-electron chi connectivity index (χ1n) is 12.9. The SMILES string of the molecule is Cc1c(C(=O)NCCNC2C3CC4CC(C3)CC2C4)nn(-c2ccccn2)c1-c1ccc(Cl)cc1. The molecule has 0 unspecified atom stereocenters. The monoisotopic (exact) mass is 489 g/mol. The summed E-state index contributed by atoms with van der Waals surface area (Å²) in [4.78, 5) is 17.6. The number of nitrogens with zero attached hydrogens (tertiary/aromatic N) is 3. The van der Waals surface area contributed by atoms with Gasteiger partial charge in [0.15, 0.2) is 11.5 Å². The number of aromatic nitrogens is 3. The molecule has 1 aromatic carbocycles. The summed E-state index contributed by atoms with van der Waals surface area (Å²) in [6, 6.07) is 13.9. The van der Waals surface area contributed by atoms with Gasteiger partial charge in [0.1, 0.15) is 0 Å². The largest absolute Gasteiger partial charge is 0.349 e. The number of pyridine rings is 1. The maximum atomic E-state index is 13.2. The molecule has 0 radical (unpaired) electrons. The fraction of sp³-hybridized carbons (Fsp3) is 0.464. The fourth-order valence-electron chi connectivity index (χ4n) is 7.06. The standard InChI is InChI=1S/C28H32ClN5O/c1-17-25(28(35)32-11-10-31-26-21-13-18-12-19(15-21)16-22(26)14-18)33-34(24-4-2-3-9-30-24)27(17)20-5-7-23(29)8-6-20/h2-9,18-19,21-22,26,31H,10-16H2,1H3,(H,32,35). The molecule has 182 valence electrons. The molecule has 4 fully saturated rings. The highest BCUT2D eigenvalue weighted by molar-refractivity contribution is 6.30. The maximum Gasteiger partial charge on any atom is 0.272 e. The lowest BCUT2D eigenvalue weighted by molar-refractivity contribution is -0.0133. The van der Waals surface area contributed by atoms with Crippen LogP contribution in [0.15, 0.2) is 48.7 Å². The molecule has 0 saturated heterocycles. The van der Waals surface area contributed by atoms with Crippen molar-refractivity contribution in [3.8, 4) is 17.1 Å². The molecular weight excluding hydrogens is 458 g/mol. The summed E-state index contributed by atoms with van der Waals surface area (Å²) in [5.74, 6) is 4.13. The number of amides is 1. The Morgan fingerprint density at radius 3 is 2.37 bits per heavy atom. The molecule has 4 aliphatic rings. The van der Waals surface area contributed by atoms with Crippen molar-refractivity contribution in [1.29, 1.82) is 0 Å². The van der Waals surface area contributed by atoms with Crippen LogP contribution in [-0.4, -0.2) is 39.8 Å². The summed E-state index contributed by atoms with van der Waals surface area (Å²) in [6.45, 7) is 3.33. The van der Waals surface area contributed by atoms with Gasteiger partial charge in [0.25, 0.3) is 5.91 Å². The van der Waals surface area contributed by atoms with Crippen LogP contribution in [0.25, 0.3) is 17.1 Å². The van der Waals surface area contributed by atoms with Gasteiger partial charge in [-0.2, -0.15) is 5.10 Å². The number of halogens is 1. The number of carbonyl (C=O) groups excluding carboxylic acids is 1. The number of nitrogens with one attached hydrogen (secondary N) is 2. The molecule has 2 heterocycles. The Hall–Kier alpha value is -2.70. The van der Waals surface area contributed by atoms with E-state index in [0.29, 0.717) is 29.1 Å². The predicted octanol–water partition coefficient (Wildman–Crippen LogP) is 5.04. The average molecular weight is 490 g/mol. The quantitative estimate of drug-likeness (QED) is 0.456. The van der Waals surface area contributed by atoms with E-state index in [0.717, 1.165) is 47.0 Å². The van der Waals surface area contributed by atoms with Crippen LogP contribution in [0.1, 0.15) is 48.2 Å². The third-order valence-electron chi connectivity index (χ3n) is 8.34. The Morgan fingerprint density at radius 2 is 1.71 bits per heavy atom. The Kier molecular flexibility index (Phi) is 6.11. The summed E-state index contributed by atoms with van der Waals surface area (Å²) in [5, 5.41) is 12.3. The lowest BCUT2D eigenvalue weighted by atomic mass is 9.54. The zero-order valence-corrected chi connectivity index (χ0v) is 20.8. The first-order valence-corrected chi connectivity index (χ1v) is 13.2. The van der Waals surface area contributed by atoms with Crippen molar-refractivity contribution < 1.29 is 4.79 Å². The normalized spacial score (nSPS) is 26.7. The Bertz CT molecular complexity index is 1180. The van der Waals surface area contributed by atoms with Gasteiger partial charge in [-0.1, -0.05) is 29.8 Å². The summed E-state index contributed by atoms with van der Waals surface area (Å²) in [5.41, 5.74) is 3.03. The molecule has 0 atom stereocenters. The van der Waals surface area contributed by atoms with E-state index in [1.54, 1.807) is 10.9 Å². The molecule has 7 heteroatoms. The third kappa shape index (κ3) is 4.38. The van der Waals surface area contributed by atoms with Crippen LogP contribution in [-0.2, 0) is 0 Å². The van der Waals surface area contributed by atoms with Gasteiger partial charge in [-0.3, -0.25) is 4.79 Å². The van der Waals surface area contributed by atoms with E-state index < -0.39 is 0 Å². The van der Waals surface area contributed by atoms with Gasteiger partial charge in [0.05, 0.1) is 5.69 Å². The van der Waals surface area contributed by atoms with Crippen LogP contribution in [0.4, 0.5) is 0 Å². The zero-order valence-electron chi connectivity index (χ0n) is 20.1. The van der Waals surface area contributed by atoms with Crippen LogP contribution >= 0.6 is 11.6 Å². The van der Waals surface area contributed by atoms with Gasteiger partial charge < -0.3 is 10.6 Å². The minimum absolute atomic E-state index is 0.153. The number of rotatable bonds is 7. The molecule has 0 spiro atoms. The van der Waals surface area contributed by atoms with E-state index in [1.165, 1.54) is 32.1 Å². The molecule has 35 heavy (non-hydrogen) atoms. The van der Waals surface area contributed by atoms with Gasteiger partial charge >= 0.3 is 0 Å². The van der Waals surface area contributed by atoms with Crippen molar-refractivity contribution in [2.75, 3.05) is 13.1 Å². The van der Waals surface area contributed by atoms with Crippen LogP contribution in [0.2, 0.25) is 5.02 Å². The van der Waals surface area contributed by atoms with Crippen LogP contribution < -0.4 is 10.6 Å². The minimum atomic E-state index is -0.153. The third-order valence-corrected chi connectivity index (χ3v) is 8.59. The van der Waals surface area contributed by atoms with Crippen molar-refractivity contribution >= 4 is 17.5 Å². The Balaban J connectivity index is 1.16. The van der Waals surface area contributed by atoms with E-state index in [1.807, 2.05) is 49.4 Å². The minimum Gasteiger partial charge on any atom is -0.349 e. The number of benzene rings is 1. The molecule has 3 aromatic rings. The molecule has 4 bridgehead atoms. The number of hydrogen-bond donors (Lipinski definition) is 2. The lowest BCUT2D eigenvalue weighted by Crippen LogP contribution is -2.55. The highest BCUT2D eigenvalue weighted by Gasteiger charge is 2.47. The van der Waals surface area contributed by atoms with Crippen molar-refractivity contribution in [2.24, 2.45) is 23.7 Å². The Labute approximate surface area is 211 Å². The molecule has 2 N–H and O–H groups in total. The second-order valence-corrected chi connectivity index (χ2v) is 11.0. The maximum absolute atomic E-state index is 13.2. The first-order chi connectivity index (χ1) is 17.1. The van der Waals surface area contributed by atoms with E-state index >= 15 is 0 Å². The van der Waals surface area contributed by atoms with Gasteiger partial charge in [-0.05, 0) is 87.0 Å². The van der Waals surface area contributed by atoms with Gasteiger partial charge in [-0.25, -0.2) is 9.67 Å². The molecule has 1 amide bonds. The molecule has 2 aromatic heterocycles. The molecular formula is C28H32ClN5O. The average Bonchev–Trinajstić information content (AvgIpc) is 3.21. The van der Waals surface area contributed by atoms with Crippen molar-refractivity contribution in [1.82, 2.24) is 25.4 Å². The molecule has 4 aliphatic carbocycles. The highest BCUT2D eigenvalue weighted by atomic mass is 35.5. The Morgan fingerprint density at radius 1 is 1.00 bits per heavy atom. The zero-order chi connectivity index (χ0) is 23.9. The van der Waals surface area contributed by atoms with E-state index in [-0.39, 0.29) is 5.91 Å². The van der Waals surface area contributed by atoms with Crippen LogP contribution in [0, 0.1) is 30.6 Å². The van der Waals surface area contributed by atoms with Crippen molar-refractivity contribution in [2.45, 2.75) is 45.1 Å². The molecule has 0 aliphatic heterocycles. The predicted molar refractivity (Wildman–Crippen MR) is 138 cm³/mol. The van der Waals surface area contributed by atoms with E-state index in [2.05, 4.69) is 15.6 Å². The second-order valence-electron chi connectivity index (χ2n) is 10.6. The summed E-state index contributed by atoms with van der Waals surface area (Å²) < 4.78 is 1.75. The molecule has 7 rings (SSSR count). The van der Waals surface area contributed by atoms with E-state index in [9.17, 15) is 4.79 Å². The number of carbonyl (C=O) groups is 1. The fourth-order valence-corrected chi connectivity index (χ4v) is 7.19. The van der Waals surface area contributed by atoms with Crippen molar-refractivity contribution in [3.05, 3.63) is 64.9 Å². The van der Waals surface area contributed by atoms with Gasteiger partial charge in [-0.15, -0.1) is 0 Å². The summed E-state index contributed by atoms with van der Waals surface area (Å²) in [7, 11) is 0. The summed E-state index contributed by atoms with van der Waals surface area (Å²) >= 11 is 6.11. The van der Waals surface area contributed by atoms with Crippen LogP contribution in [0.5, 0.6) is 0 Å². The number of hydrogen-bond acceptors (Lipinski definition) is 4. The summed E-state index contributed by atoms with van der Waals surface area (Å²) in [6.07, 6.45) is 8.79. The second kappa shape index (κ2) is 9.40. The molecule has 6 nitrogen and oxygen atoms in total. The first kappa shape index (κ1) is 22.7. The molecule has 4 saturated carbocycles. The van der Waals surface area contributed by atoms with Gasteiger partial charge in [0.2, 0.25) is 0 Å². The smallest absolute Gasteiger partial charge is 0.272 e. The highest BCUT2D eigenvalue weighted by Crippen LogP contribution is 2.53. The van der Waals surface area contributed by atoms with Crippen molar-refractivity contribution in [3.63, 3.8) is 0 Å². The lowest BCUT2D eigenvalue weighted by Gasteiger charge is -2.54. The topological polar surface area (TPSA) is 71.8 Å².